The van der Waals surface area contributed by atoms with Gasteiger partial charge >= 0.3 is 12.3 Å². The van der Waals surface area contributed by atoms with Gasteiger partial charge in [0.15, 0.2) is 4.96 Å². The molecule has 118 valence electrons. The van der Waals surface area contributed by atoms with Crippen molar-refractivity contribution in [2.75, 3.05) is 13.2 Å². The summed E-state index contributed by atoms with van der Waals surface area (Å²) >= 11 is 1.45. The summed E-state index contributed by atoms with van der Waals surface area (Å²) in [7, 11) is 0. The largest absolute Gasteiger partial charge is 0.373 e. The Balaban J connectivity index is 1.84. The van der Waals surface area contributed by atoms with E-state index < -0.39 is 25.0 Å². The summed E-state index contributed by atoms with van der Waals surface area (Å²) in [6, 6.07) is -0.497. The van der Waals surface area contributed by atoms with Crippen LogP contribution in [0.2, 0.25) is 0 Å². The summed E-state index contributed by atoms with van der Waals surface area (Å²) in [5.41, 5.74) is 3.10. The number of halogens is 4. The van der Waals surface area contributed by atoms with Gasteiger partial charge in [-0.15, -0.1) is 11.3 Å². The van der Waals surface area contributed by atoms with Gasteiger partial charge in [0.05, 0.1) is 18.3 Å². The molecule has 3 N–H and O–H groups in total. The molecule has 0 aromatic carbocycles. The molecule has 0 bridgehead atoms. The quantitative estimate of drug-likeness (QED) is 0.440. The fourth-order valence-electron chi connectivity index (χ4n) is 1.69. The average molecular weight is 326 g/mol. The molecule has 0 aliphatic rings. The fourth-order valence-corrected chi connectivity index (χ4v) is 2.41. The number of hydrazine groups is 1. The van der Waals surface area contributed by atoms with Crippen LogP contribution in [0.25, 0.3) is 4.96 Å². The number of nitrogens with zero attached hydrogens (tertiary/aromatic N) is 2. The number of aromatic nitrogens is 2. The molecule has 0 spiro atoms. The molecule has 5 nitrogen and oxygen atoms in total. The number of ether oxygens (including phenoxy) is 1. The molecule has 2 aromatic rings. The maximum atomic E-state index is 12.7. The molecule has 1 atom stereocenters. The van der Waals surface area contributed by atoms with Crippen LogP contribution in [0.3, 0.4) is 0 Å². The van der Waals surface area contributed by atoms with Crippen molar-refractivity contribution in [1.82, 2.24) is 14.8 Å². The van der Waals surface area contributed by atoms with Gasteiger partial charge in [-0.1, -0.05) is 0 Å². The Labute approximate surface area is 121 Å². The molecule has 2 rings (SSSR count). The van der Waals surface area contributed by atoms with E-state index in [-0.39, 0.29) is 6.61 Å². The lowest BCUT2D eigenvalue weighted by Gasteiger charge is -2.18. The number of rotatable bonds is 8. The highest BCUT2D eigenvalue weighted by Crippen LogP contribution is 2.23. The summed E-state index contributed by atoms with van der Waals surface area (Å²) in [5.74, 6) is 1.15. The number of imidazole rings is 1. The standard InChI is InChI=1S/C11H14F4N4OS/c12-9(13)11(14,15)6-20-5-8(18-16)3-7-4-19-1-2-21-10(19)17-7/h1-2,4,8-9,18H,3,5-6,16H2. The lowest BCUT2D eigenvalue weighted by molar-refractivity contribution is -0.167. The molecule has 1 unspecified atom stereocenters. The summed E-state index contributed by atoms with van der Waals surface area (Å²) in [4.78, 5) is 5.10. The zero-order valence-corrected chi connectivity index (χ0v) is 11.6. The fraction of sp³-hybridized carbons (Fsp3) is 0.545. The van der Waals surface area contributed by atoms with Crippen molar-refractivity contribution in [2.24, 2.45) is 5.84 Å². The van der Waals surface area contributed by atoms with Crippen LogP contribution < -0.4 is 11.3 Å². The number of nitrogens with one attached hydrogen (secondary N) is 1. The van der Waals surface area contributed by atoms with Crippen molar-refractivity contribution in [3.05, 3.63) is 23.5 Å². The Morgan fingerprint density at radius 1 is 1.48 bits per heavy atom. The van der Waals surface area contributed by atoms with Crippen LogP contribution in [0.4, 0.5) is 17.6 Å². The zero-order chi connectivity index (χ0) is 15.5. The van der Waals surface area contributed by atoms with Crippen LogP contribution in [-0.4, -0.2) is 41.0 Å². The summed E-state index contributed by atoms with van der Waals surface area (Å²) < 4.78 is 55.8. The molecule has 0 radical (unpaired) electrons. The Bertz CT molecular complexity index is 545. The first-order valence-corrected chi connectivity index (χ1v) is 6.91. The second kappa shape index (κ2) is 6.69. The molecule has 2 aromatic heterocycles. The van der Waals surface area contributed by atoms with Gasteiger partial charge in [0, 0.05) is 24.2 Å². The summed E-state index contributed by atoms with van der Waals surface area (Å²) in [5, 5.41) is 1.88. The first-order valence-electron chi connectivity index (χ1n) is 6.03. The zero-order valence-electron chi connectivity index (χ0n) is 10.8. The van der Waals surface area contributed by atoms with E-state index in [0.29, 0.717) is 12.1 Å². The minimum absolute atomic E-state index is 0.218. The SMILES string of the molecule is NNC(COCC(F)(F)C(F)F)Cc1cn2ccsc2n1. The van der Waals surface area contributed by atoms with Gasteiger partial charge in [-0.2, -0.15) is 8.78 Å². The number of hydrogen-bond acceptors (Lipinski definition) is 5. The van der Waals surface area contributed by atoms with Gasteiger partial charge < -0.3 is 4.74 Å². The van der Waals surface area contributed by atoms with E-state index in [9.17, 15) is 17.6 Å². The Kier molecular flexibility index (Phi) is 5.14. The van der Waals surface area contributed by atoms with Crippen molar-refractivity contribution in [3.63, 3.8) is 0 Å². The van der Waals surface area contributed by atoms with Gasteiger partial charge in [0.1, 0.15) is 6.61 Å². The van der Waals surface area contributed by atoms with Crippen LogP contribution in [-0.2, 0) is 11.2 Å². The van der Waals surface area contributed by atoms with Crippen LogP contribution in [0, 0.1) is 0 Å². The van der Waals surface area contributed by atoms with E-state index in [0.717, 1.165) is 4.96 Å². The molecule has 0 amide bonds. The molecule has 0 fully saturated rings. The minimum Gasteiger partial charge on any atom is -0.373 e. The van der Waals surface area contributed by atoms with Crippen molar-refractivity contribution in [1.29, 1.82) is 0 Å². The number of thiazole rings is 1. The maximum absolute atomic E-state index is 12.7. The van der Waals surface area contributed by atoms with E-state index in [1.807, 2.05) is 16.0 Å². The molecule has 2 heterocycles. The highest BCUT2D eigenvalue weighted by Gasteiger charge is 2.41. The number of fused-ring (bicyclic) bond motifs is 1. The normalized spacial score (nSPS) is 14.2. The summed E-state index contributed by atoms with van der Waals surface area (Å²) in [6.07, 6.45) is 0.206. The topological polar surface area (TPSA) is 64.6 Å². The molecule has 0 aliphatic carbocycles. The third-order valence-corrected chi connectivity index (χ3v) is 3.54. The Morgan fingerprint density at radius 3 is 2.86 bits per heavy atom. The Hall–Kier alpha value is -1.23. The van der Waals surface area contributed by atoms with Gasteiger partial charge in [0.2, 0.25) is 0 Å². The summed E-state index contributed by atoms with van der Waals surface area (Å²) in [6.45, 7) is -1.56. The lowest BCUT2D eigenvalue weighted by Crippen LogP contribution is -2.42. The first kappa shape index (κ1) is 16.1. The molecule has 21 heavy (non-hydrogen) atoms. The van der Waals surface area contributed by atoms with Gasteiger partial charge in [-0.3, -0.25) is 15.7 Å². The molecule has 0 aliphatic heterocycles. The average Bonchev–Trinajstić information content (AvgIpc) is 2.97. The van der Waals surface area contributed by atoms with Crippen LogP contribution in [0.15, 0.2) is 17.8 Å². The van der Waals surface area contributed by atoms with Gasteiger partial charge in [-0.25, -0.2) is 13.8 Å². The molecule has 0 saturated heterocycles. The van der Waals surface area contributed by atoms with Crippen LogP contribution in [0.1, 0.15) is 5.69 Å². The highest BCUT2D eigenvalue weighted by molar-refractivity contribution is 7.15. The number of hydrogen-bond donors (Lipinski definition) is 2. The second-order valence-electron chi connectivity index (χ2n) is 4.47. The monoisotopic (exact) mass is 326 g/mol. The highest BCUT2D eigenvalue weighted by atomic mass is 32.1. The molecule has 0 saturated carbocycles. The first-order chi connectivity index (χ1) is 9.92. The minimum atomic E-state index is -4.16. The third kappa shape index (κ3) is 4.13. The predicted molar refractivity (Wildman–Crippen MR) is 69.7 cm³/mol. The van der Waals surface area contributed by atoms with Crippen molar-refractivity contribution in [2.45, 2.75) is 24.8 Å². The van der Waals surface area contributed by atoms with Gasteiger partial charge in [0.25, 0.3) is 0 Å². The van der Waals surface area contributed by atoms with E-state index in [4.69, 9.17) is 5.84 Å². The van der Waals surface area contributed by atoms with Crippen molar-refractivity contribution < 1.29 is 22.3 Å². The van der Waals surface area contributed by atoms with E-state index in [1.54, 1.807) is 6.20 Å². The van der Waals surface area contributed by atoms with E-state index >= 15 is 0 Å². The molecular weight excluding hydrogens is 312 g/mol. The second-order valence-corrected chi connectivity index (χ2v) is 5.34. The third-order valence-electron chi connectivity index (χ3n) is 2.77. The molecular formula is C11H14F4N4OS. The maximum Gasteiger partial charge on any atom is 0.330 e. The predicted octanol–water partition coefficient (Wildman–Crippen LogP) is 1.69. The van der Waals surface area contributed by atoms with Crippen molar-refractivity contribution >= 4 is 16.3 Å². The smallest absolute Gasteiger partial charge is 0.330 e. The lowest BCUT2D eigenvalue weighted by atomic mass is 10.2. The molecule has 10 heteroatoms. The van der Waals surface area contributed by atoms with E-state index in [1.165, 1.54) is 11.3 Å². The van der Waals surface area contributed by atoms with Crippen LogP contribution in [0.5, 0.6) is 0 Å². The number of nitrogens with two attached hydrogens (primary N) is 1. The van der Waals surface area contributed by atoms with Crippen LogP contribution >= 0.6 is 11.3 Å². The van der Waals surface area contributed by atoms with Gasteiger partial charge in [-0.05, 0) is 0 Å². The van der Waals surface area contributed by atoms with Crippen molar-refractivity contribution in [3.8, 4) is 0 Å². The number of alkyl halides is 4. The Morgan fingerprint density at radius 2 is 2.24 bits per heavy atom. The van der Waals surface area contributed by atoms with E-state index in [2.05, 4.69) is 15.1 Å².